The summed E-state index contributed by atoms with van der Waals surface area (Å²) >= 11 is 5.90. The average Bonchev–Trinajstić information content (AvgIpc) is 2.81. The van der Waals surface area contributed by atoms with Crippen LogP contribution in [0.25, 0.3) is 0 Å². The van der Waals surface area contributed by atoms with E-state index in [-0.39, 0.29) is 53.6 Å². The first kappa shape index (κ1) is 26.9. The molecule has 3 rings (SSSR count). The lowest BCUT2D eigenvalue weighted by Gasteiger charge is -2.38. The van der Waals surface area contributed by atoms with Crippen LogP contribution in [0.4, 0.5) is 5.69 Å². The number of anilines is 1. The quantitative estimate of drug-likeness (QED) is 0.576. The SMILES string of the molecule is CC(=O)Nc1cccc2c1O[C@@H](CN(C)S(=O)(=O)c1ccc(Cl)cc1)[C@@H](C)CN([C@H](C)CO)C2=O. The van der Waals surface area contributed by atoms with Crippen LogP contribution >= 0.6 is 11.6 Å². The van der Waals surface area contributed by atoms with Crippen LogP contribution in [-0.4, -0.2) is 73.4 Å². The van der Waals surface area contributed by atoms with E-state index < -0.39 is 22.2 Å². The molecule has 9 nitrogen and oxygen atoms in total. The van der Waals surface area contributed by atoms with Crippen LogP contribution in [0.1, 0.15) is 31.1 Å². The zero-order valence-electron chi connectivity index (χ0n) is 20.1. The predicted molar refractivity (Wildman–Crippen MR) is 133 cm³/mol. The first-order valence-corrected chi connectivity index (χ1v) is 13.0. The molecule has 1 aliphatic rings. The van der Waals surface area contributed by atoms with Crippen molar-refractivity contribution in [2.45, 2.75) is 37.8 Å². The highest BCUT2D eigenvalue weighted by atomic mass is 35.5. The molecule has 0 saturated heterocycles. The second-order valence-electron chi connectivity index (χ2n) is 8.73. The van der Waals surface area contributed by atoms with E-state index in [0.717, 1.165) is 0 Å². The van der Waals surface area contributed by atoms with E-state index in [4.69, 9.17) is 16.3 Å². The summed E-state index contributed by atoms with van der Waals surface area (Å²) < 4.78 is 33.8. The second kappa shape index (κ2) is 10.9. The molecule has 0 bridgehead atoms. The number of carbonyl (C=O) groups is 2. The van der Waals surface area contributed by atoms with E-state index >= 15 is 0 Å². The van der Waals surface area contributed by atoms with Crippen molar-refractivity contribution in [1.29, 1.82) is 0 Å². The summed E-state index contributed by atoms with van der Waals surface area (Å²) in [5, 5.41) is 12.9. The maximum absolute atomic E-state index is 13.4. The predicted octanol–water partition coefficient (Wildman–Crippen LogP) is 2.84. The molecule has 0 spiro atoms. The third-order valence-corrected chi connectivity index (χ3v) is 8.05. The molecule has 35 heavy (non-hydrogen) atoms. The number of likely N-dealkylation sites (N-methyl/N-ethyl adjacent to an activating group) is 1. The van der Waals surface area contributed by atoms with Crippen molar-refractivity contribution in [2.24, 2.45) is 5.92 Å². The number of aliphatic hydroxyl groups is 1. The molecule has 1 heterocycles. The van der Waals surface area contributed by atoms with E-state index in [9.17, 15) is 23.1 Å². The number of hydrogen-bond acceptors (Lipinski definition) is 6. The number of nitrogens with zero attached hydrogens (tertiary/aromatic N) is 2. The number of halogens is 1. The van der Waals surface area contributed by atoms with Gasteiger partial charge < -0.3 is 20.1 Å². The van der Waals surface area contributed by atoms with E-state index in [0.29, 0.717) is 10.7 Å². The molecule has 190 valence electrons. The number of hydrogen-bond donors (Lipinski definition) is 2. The molecule has 2 aromatic carbocycles. The van der Waals surface area contributed by atoms with Gasteiger partial charge in [-0.05, 0) is 43.3 Å². The molecular formula is C24H30ClN3O6S. The normalized spacial score (nSPS) is 19.4. The van der Waals surface area contributed by atoms with Crippen LogP contribution in [0, 0.1) is 5.92 Å². The fraction of sp³-hybridized carbons (Fsp3) is 0.417. The van der Waals surface area contributed by atoms with Crippen LogP contribution in [-0.2, 0) is 14.8 Å². The molecule has 1 aliphatic heterocycles. The van der Waals surface area contributed by atoms with Crippen molar-refractivity contribution in [1.82, 2.24) is 9.21 Å². The van der Waals surface area contributed by atoms with Crippen LogP contribution in [0.3, 0.4) is 0 Å². The van der Waals surface area contributed by atoms with Gasteiger partial charge in [-0.15, -0.1) is 0 Å². The molecule has 0 unspecified atom stereocenters. The molecule has 0 saturated carbocycles. The van der Waals surface area contributed by atoms with Crippen molar-refractivity contribution in [2.75, 3.05) is 32.1 Å². The van der Waals surface area contributed by atoms with Crippen LogP contribution in [0.2, 0.25) is 5.02 Å². The molecular weight excluding hydrogens is 494 g/mol. The Morgan fingerprint density at radius 2 is 1.94 bits per heavy atom. The molecule has 11 heteroatoms. The Morgan fingerprint density at radius 1 is 1.29 bits per heavy atom. The van der Waals surface area contributed by atoms with Gasteiger partial charge in [0.05, 0.1) is 35.3 Å². The fourth-order valence-corrected chi connectivity index (χ4v) is 5.20. The van der Waals surface area contributed by atoms with E-state index in [2.05, 4.69) is 5.32 Å². The summed E-state index contributed by atoms with van der Waals surface area (Å²) in [4.78, 5) is 26.8. The minimum absolute atomic E-state index is 0.0183. The van der Waals surface area contributed by atoms with Gasteiger partial charge in [0.25, 0.3) is 5.91 Å². The van der Waals surface area contributed by atoms with Crippen molar-refractivity contribution in [3.05, 3.63) is 53.1 Å². The Kier molecular flexibility index (Phi) is 8.42. The molecule has 2 amide bonds. The van der Waals surface area contributed by atoms with Crippen molar-refractivity contribution < 1.29 is 27.9 Å². The minimum Gasteiger partial charge on any atom is -0.486 e. The summed E-state index contributed by atoms with van der Waals surface area (Å²) in [6.07, 6.45) is -0.669. The molecule has 0 radical (unpaired) electrons. The number of nitrogens with one attached hydrogen (secondary N) is 1. The Labute approximate surface area is 210 Å². The number of ether oxygens (including phenoxy) is 1. The first-order valence-electron chi connectivity index (χ1n) is 11.2. The molecule has 2 N–H and O–H groups in total. The zero-order chi connectivity index (χ0) is 25.9. The van der Waals surface area contributed by atoms with Crippen molar-refractivity contribution >= 4 is 39.1 Å². The van der Waals surface area contributed by atoms with Gasteiger partial charge >= 0.3 is 0 Å². The molecule has 3 atom stereocenters. The number of para-hydroxylation sites is 1. The number of fused-ring (bicyclic) bond motifs is 1. The highest BCUT2D eigenvalue weighted by Crippen LogP contribution is 2.35. The Balaban J connectivity index is 2.02. The number of aliphatic hydroxyl groups excluding tert-OH is 1. The smallest absolute Gasteiger partial charge is 0.258 e. The van der Waals surface area contributed by atoms with Gasteiger partial charge in [-0.25, -0.2) is 8.42 Å². The molecule has 0 aromatic heterocycles. The highest BCUT2D eigenvalue weighted by Gasteiger charge is 2.36. The molecule has 0 aliphatic carbocycles. The molecule has 2 aromatic rings. The lowest BCUT2D eigenvalue weighted by atomic mass is 9.99. The van der Waals surface area contributed by atoms with Gasteiger partial charge in [0.1, 0.15) is 6.10 Å². The standard InChI is InChI=1S/C24H30ClN3O6S/c1-15-12-28(16(2)14-29)24(31)20-6-5-7-21(26-17(3)30)23(20)34-22(15)13-27(4)35(32,33)19-10-8-18(25)9-11-19/h5-11,15-16,22,29H,12-14H2,1-4H3,(H,26,30)/t15-,16+,22-/m0/s1. The van der Waals surface area contributed by atoms with Gasteiger partial charge in [-0.2, -0.15) is 4.31 Å². The van der Waals surface area contributed by atoms with Gasteiger partial charge in [-0.3, -0.25) is 9.59 Å². The van der Waals surface area contributed by atoms with Gasteiger partial charge in [0.15, 0.2) is 5.75 Å². The largest absolute Gasteiger partial charge is 0.486 e. The summed E-state index contributed by atoms with van der Waals surface area (Å²) in [6, 6.07) is 10.2. The number of rotatable bonds is 7. The monoisotopic (exact) mass is 523 g/mol. The third kappa shape index (κ3) is 5.95. The maximum Gasteiger partial charge on any atom is 0.258 e. The first-order chi connectivity index (χ1) is 16.4. The number of sulfonamides is 1. The van der Waals surface area contributed by atoms with Crippen LogP contribution in [0.15, 0.2) is 47.4 Å². The van der Waals surface area contributed by atoms with Gasteiger partial charge in [0, 0.05) is 31.5 Å². The lowest BCUT2D eigenvalue weighted by molar-refractivity contribution is -0.114. The summed E-state index contributed by atoms with van der Waals surface area (Å²) in [7, 11) is -2.39. The van der Waals surface area contributed by atoms with E-state index in [1.165, 1.54) is 42.5 Å². The number of carbonyl (C=O) groups excluding carboxylic acids is 2. The highest BCUT2D eigenvalue weighted by molar-refractivity contribution is 7.89. The topological polar surface area (TPSA) is 116 Å². The van der Waals surface area contributed by atoms with Crippen LogP contribution in [0.5, 0.6) is 5.75 Å². The summed E-state index contributed by atoms with van der Waals surface area (Å²) in [6.45, 7) is 4.91. The minimum atomic E-state index is -3.85. The van der Waals surface area contributed by atoms with Crippen molar-refractivity contribution in [3.8, 4) is 5.75 Å². The summed E-state index contributed by atoms with van der Waals surface area (Å²) in [5.41, 5.74) is 0.527. The molecule has 0 fully saturated rings. The zero-order valence-corrected chi connectivity index (χ0v) is 21.6. The summed E-state index contributed by atoms with van der Waals surface area (Å²) in [5.74, 6) is -0.837. The Hall–Kier alpha value is -2.66. The van der Waals surface area contributed by atoms with Crippen molar-refractivity contribution in [3.63, 3.8) is 0 Å². The Morgan fingerprint density at radius 3 is 2.54 bits per heavy atom. The van der Waals surface area contributed by atoms with Crippen LogP contribution < -0.4 is 10.1 Å². The van der Waals surface area contributed by atoms with Gasteiger partial charge in [0.2, 0.25) is 15.9 Å². The maximum atomic E-state index is 13.4. The number of benzene rings is 2. The lowest BCUT2D eigenvalue weighted by Crippen LogP contribution is -2.50. The fourth-order valence-electron chi connectivity index (χ4n) is 3.89. The Bertz CT molecular complexity index is 1190. The second-order valence-corrected chi connectivity index (χ2v) is 11.2. The average molecular weight is 524 g/mol. The van der Waals surface area contributed by atoms with E-state index in [1.807, 2.05) is 6.92 Å². The van der Waals surface area contributed by atoms with Gasteiger partial charge in [-0.1, -0.05) is 24.6 Å². The third-order valence-electron chi connectivity index (χ3n) is 5.96. The van der Waals surface area contributed by atoms with E-state index in [1.54, 1.807) is 30.0 Å². The number of amides is 2.